The summed E-state index contributed by atoms with van der Waals surface area (Å²) < 4.78 is 0. The molecule has 0 spiro atoms. The summed E-state index contributed by atoms with van der Waals surface area (Å²) in [5, 5.41) is 5.59. The predicted molar refractivity (Wildman–Crippen MR) is 78.5 cm³/mol. The summed E-state index contributed by atoms with van der Waals surface area (Å²) in [7, 11) is 0. The number of rotatable bonds is 3. The van der Waals surface area contributed by atoms with Gasteiger partial charge in [-0.25, -0.2) is 0 Å². The predicted octanol–water partition coefficient (Wildman–Crippen LogP) is 1.62. The van der Waals surface area contributed by atoms with Crippen molar-refractivity contribution < 1.29 is 9.59 Å². The third kappa shape index (κ3) is 2.98. The van der Waals surface area contributed by atoms with Crippen LogP contribution in [0.3, 0.4) is 0 Å². The summed E-state index contributed by atoms with van der Waals surface area (Å²) in [6.07, 6.45) is 3.41. The van der Waals surface area contributed by atoms with Gasteiger partial charge in [0.2, 0.25) is 11.8 Å². The maximum absolute atomic E-state index is 11.9. The van der Waals surface area contributed by atoms with Crippen LogP contribution in [0.15, 0.2) is 23.1 Å². The molecule has 1 fully saturated rings. The second-order valence-corrected chi connectivity index (χ2v) is 6.41. The smallest absolute Gasteiger partial charge is 0.242 e. The molecule has 1 aromatic carbocycles. The van der Waals surface area contributed by atoms with E-state index in [0.717, 1.165) is 12.0 Å². The van der Waals surface area contributed by atoms with Crippen molar-refractivity contribution in [3.05, 3.63) is 29.3 Å². The summed E-state index contributed by atoms with van der Waals surface area (Å²) >= 11 is 1.91. The summed E-state index contributed by atoms with van der Waals surface area (Å²) in [5.74, 6) is 1.09. The topological polar surface area (TPSA) is 58.2 Å². The number of amides is 2. The van der Waals surface area contributed by atoms with Crippen LogP contribution >= 0.6 is 11.8 Å². The lowest BCUT2D eigenvalue weighted by Gasteiger charge is -2.16. The third-order valence-electron chi connectivity index (χ3n) is 3.75. The normalized spacial score (nSPS) is 21.2. The number of carbonyl (C=O) groups is 2. The van der Waals surface area contributed by atoms with Crippen LogP contribution in [0.4, 0.5) is 0 Å². The van der Waals surface area contributed by atoms with E-state index in [-0.39, 0.29) is 17.9 Å². The fraction of sp³-hybridized carbons (Fsp3) is 0.467. The van der Waals surface area contributed by atoms with Crippen molar-refractivity contribution in [3.63, 3.8) is 0 Å². The number of nitrogens with one attached hydrogen (secondary N) is 2. The van der Waals surface area contributed by atoms with Crippen LogP contribution < -0.4 is 10.6 Å². The van der Waals surface area contributed by atoms with Gasteiger partial charge in [0.25, 0.3) is 0 Å². The molecule has 2 amide bonds. The largest absolute Gasteiger partial charge is 0.350 e. The van der Waals surface area contributed by atoms with Crippen molar-refractivity contribution in [1.82, 2.24) is 10.6 Å². The van der Waals surface area contributed by atoms with E-state index >= 15 is 0 Å². The van der Waals surface area contributed by atoms with Crippen LogP contribution in [-0.2, 0) is 22.6 Å². The minimum Gasteiger partial charge on any atom is -0.350 e. The van der Waals surface area contributed by atoms with Gasteiger partial charge in [-0.15, -0.1) is 11.8 Å². The Hall–Kier alpha value is -1.49. The zero-order valence-corrected chi connectivity index (χ0v) is 12.1. The molecular formula is C15H18N2O2S. The van der Waals surface area contributed by atoms with Gasteiger partial charge in [-0.05, 0) is 42.2 Å². The van der Waals surface area contributed by atoms with Crippen LogP contribution in [0.2, 0.25) is 0 Å². The van der Waals surface area contributed by atoms with Crippen molar-refractivity contribution in [2.24, 2.45) is 0 Å². The summed E-state index contributed by atoms with van der Waals surface area (Å²) in [5.41, 5.74) is 2.52. The first-order valence-corrected chi connectivity index (χ1v) is 8.02. The molecule has 20 heavy (non-hydrogen) atoms. The van der Waals surface area contributed by atoms with Crippen molar-refractivity contribution in [1.29, 1.82) is 0 Å². The molecule has 0 bridgehead atoms. The van der Waals surface area contributed by atoms with Crippen LogP contribution in [0, 0.1) is 0 Å². The summed E-state index contributed by atoms with van der Waals surface area (Å²) in [6.45, 7) is 0.531. The summed E-state index contributed by atoms with van der Waals surface area (Å²) in [6, 6.07) is 6.06. The van der Waals surface area contributed by atoms with Crippen molar-refractivity contribution in [2.75, 3.05) is 5.75 Å². The van der Waals surface area contributed by atoms with E-state index in [4.69, 9.17) is 0 Å². The van der Waals surface area contributed by atoms with Gasteiger partial charge in [0.1, 0.15) is 6.04 Å². The quantitative estimate of drug-likeness (QED) is 0.889. The average Bonchev–Trinajstić information content (AvgIpc) is 2.91. The first kappa shape index (κ1) is 13.5. The first-order valence-electron chi connectivity index (χ1n) is 7.04. The average molecular weight is 290 g/mol. The van der Waals surface area contributed by atoms with Crippen molar-refractivity contribution in [3.8, 4) is 0 Å². The second kappa shape index (κ2) is 5.87. The van der Waals surface area contributed by atoms with Gasteiger partial charge in [0.15, 0.2) is 0 Å². The molecule has 1 atom stereocenters. The maximum Gasteiger partial charge on any atom is 0.242 e. The van der Waals surface area contributed by atoms with Gasteiger partial charge in [-0.1, -0.05) is 12.1 Å². The molecule has 1 unspecified atom stereocenters. The highest BCUT2D eigenvalue weighted by molar-refractivity contribution is 7.99. The molecule has 2 aliphatic heterocycles. The summed E-state index contributed by atoms with van der Waals surface area (Å²) in [4.78, 5) is 24.4. The molecule has 0 radical (unpaired) electrons. The lowest BCUT2D eigenvalue weighted by molar-refractivity contribution is -0.125. The fourth-order valence-corrected chi connectivity index (χ4v) is 3.67. The number of hydrogen-bond donors (Lipinski definition) is 2. The van der Waals surface area contributed by atoms with Gasteiger partial charge in [-0.3, -0.25) is 9.59 Å². The lowest BCUT2D eigenvalue weighted by Crippen LogP contribution is -2.41. The van der Waals surface area contributed by atoms with Gasteiger partial charge in [0, 0.05) is 17.9 Å². The zero-order chi connectivity index (χ0) is 13.9. The van der Waals surface area contributed by atoms with Gasteiger partial charge < -0.3 is 10.6 Å². The molecule has 4 nitrogen and oxygen atoms in total. The number of hydrogen-bond acceptors (Lipinski definition) is 3. The fourth-order valence-electron chi connectivity index (χ4n) is 2.65. The van der Waals surface area contributed by atoms with E-state index in [1.54, 1.807) is 0 Å². The first-order chi connectivity index (χ1) is 9.72. The number of thioether (sulfide) groups is 1. The molecule has 0 aliphatic carbocycles. The SMILES string of the molecule is O=C1CCC(C(=O)NCc2ccc3c(c2)CCCS3)N1. The minimum absolute atomic E-state index is 0.0315. The molecule has 3 rings (SSSR count). The molecule has 2 heterocycles. The van der Waals surface area contributed by atoms with Crippen LogP contribution in [0.1, 0.15) is 30.4 Å². The third-order valence-corrected chi connectivity index (χ3v) is 4.95. The minimum atomic E-state index is -0.351. The van der Waals surface area contributed by atoms with E-state index in [1.807, 2.05) is 11.8 Å². The van der Waals surface area contributed by atoms with Gasteiger partial charge in [0.05, 0.1) is 0 Å². The molecule has 1 saturated heterocycles. The monoisotopic (exact) mass is 290 g/mol. The molecule has 1 aromatic rings. The molecule has 2 aliphatic rings. The van der Waals surface area contributed by atoms with Crippen LogP contribution in [0.25, 0.3) is 0 Å². The van der Waals surface area contributed by atoms with Crippen molar-refractivity contribution >= 4 is 23.6 Å². The van der Waals surface area contributed by atoms with Crippen LogP contribution in [-0.4, -0.2) is 23.6 Å². The standard InChI is InChI=1S/C15H18N2O2S/c18-14-6-4-12(17-14)15(19)16-9-10-3-5-13-11(8-10)2-1-7-20-13/h3,5,8,12H,1-2,4,6-7,9H2,(H,16,19)(H,17,18). The van der Waals surface area contributed by atoms with Gasteiger partial charge in [-0.2, -0.15) is 0 Å². The molecule has 0 aromatic heterocycles. The Morgan fingerprint density at radius 2 is 2.30 bits per heavy atom. The van der Waals surface area contributed by atoms with E-state index in [2.05, 4.69) is 28.8 Å². The Bertz CT molecular complexity index is 545. The Labute approximate surface area is 122 Å². The van der Waals surface area contributed by atoms with E-state index in [9.17, 15) is 9.59 Å². The number of fused-ring (bicyclic) bond motifs is 1. The van der Waals surface area contributed by atoms with E-state index < -0.39 is 0 Å². The highest BCUT2D eigenvalue weighted by Crippen LogP contribution is 2.30. The molecule has 106 valence electrons. The highest BCUT2D eigenvalue weighted by Gasteiger charge is 2.26. The molecule has 5 heteroatoms. The molecule has 0 saturated carbocycles. The van der Waals surface area contributed by atoms with Crippen LogP contribution in [0.5, 0.6) is 0 Å². The lowest BCUT2D eigenvalue weighted by atomic mass is 10.1. The number of benzene rings is 1. The Morgan fingerprint density at radius 3 is 3.10 bits per heavy atom. The molecular weight excluding hydrogens is 272 g/mol. The second-order valence-electron chi connectivity index (χ2n) is 5.27. The van der Waals surface area contributed by atoms with Gasteiger partial charge >= 0.3 is 0 Å². The number of carbonyl (C=O) groups excluding carboxylic acids is 2. The highest BCUT2D eigenvalue weighted by atomic mass is 32.2. The Balaban J connectivity index is 1.58. The van der Waals surface area contributed by atoms with E-state index in [1.165, 1.54) is 22.6 Å². The van der Waals surface area contributed by atoms with E-state index in [0.29, 0.717) is 19.4 Å². The Kier molecular flexibility index (Phi) is 3.96. The maximum atomic E-state index is 11.9. The molecule has 2 N–H and O–H groups in total. The van der Waals surface area contributed by atoms with Crippen molar-refractivity contribution in [2.45, 2.75) is 43.2 Å². The Morgan fingerprint density at radius 1 is 1.40 bits per heavy atom. The zero-order valence-electron chi connectivity index (χ0n) is 11.3. The number of aryl methyl sites for hydroxylation is 1.